The molecule has 3 nitrogen and oxygen atoms in total. The van der Waals surface area contributed by atoms with Crippen molar-refractivity contribution in [2.45, 2.75) is 0 Å². The van der Waals surface area contributed by atoms with E-state index >= 15 is 0 Å². The van der Waals surface area contributed by atoms with Crippen molar-refractivity contribution in [3.05, 3.63) is 134 Å². The van der Waals surface area contributed by atoms with Crippen molar-refractivity contribution >= 4 is 71.8 Å². The van der Waals surface area contributed by atoms with Gasteiger partial charge in [0, 0.05) is 44.2 Å². The molecule has 0 bridgehead atoms. The van der Waals surface area contributed by atoms with Gasteiger partial charge in [-0.25, -0.2) is 0 Å². The summed E-state index contributed by atoms with van der Waals surface area (Å²) in [5.74, 6) is 0. The first-order valence-electron chi connectivity index (χ1n) is 13.9. The Morgan fingerprint density at radius 1 is 0.463 bits per heavy atom. The van der Waals surface area contributed by atoms with Crippen LogP contribution in [-0.2, 0) is 0 Å². The van der Waals surface area contributed by atoms with E-state index in [9.17, 15) is 0 Å². The third-order valence-corrected chi connectivity index (χ3v) is 8.52. The second kappa shape index (κ2) is 8.23. The number of hydrogen-bond acceptors (Lipinski definition) is 1. The van der Waals surface area contributed by atoms with Crippen LogP contribution in [0.15, 0.2) is 138 Å². The van der Waals surface area contributed by atoms with E-state index < -0.39 is 0 Å². The molecule has 0 radical (unpaired) electrons. The minimum Gasteiger partial charge on any atom is -0.456 e. The zero-order valence-electron chi connectivity index (χ0n) is 22.2. The lowest BCUT2D eigenvalue weighted by Gasteiger charge is -2.09. The number of fused-ring (bicyclic) bond motifs is 9. The number of rotatable bonds is 3. The smallest absolute Gasteiger partial charge is 0.135 e. The number of hydrogen-bond donors (Lipinski definition) is 0. The van der Waals surface area contributed by atoms with Gasteiger partial charge in [-0.2, -0.15) is 0 Å². The van der Waals surface area contributed by atoms with Gasteiger partial charge in [-0.3, -0.25) is 0 Å². The van der Waals surface area contributed by atoms with E-state index in [1.807, 2.05) is 18.3 Å². The summed E-state index contributed by atoms with van der Waals surface area (Å²) in [7, 11) is 0. The van der Waals surface area contributed by atoms with E-state index in [-0.39, 0.29) is 0 Å². The minimum atomic E-state index is 0.909. The maximum Gasteiger partial charge on any atom is 0.135 e. The zero-order chi connectivity index (χ0) is 27.1. The Bertz CT molecular complexity index is 2500. The highest BCUT2D eigenvalue weighted by Crippen LogP contribution is 2.38. The standard InChI is InChI=1S/C38H24N2O/c1-2-39-33-12-6-3-9-27(33)30-21-24(15-18-34(30)39)25-16-19-36-31(22-25)28-10-4-7-13-35(28)40(36)26-17-20-38-32(23-26)29-11-5-8-14-37(29)41-38/h2-23H,1H2. The molecule has 0 unspecified atom stereocenters. The van der Waals surface area contributed by atoms with Gasteiger partial charge in [-0.05, 0) is 71.8 Å². The van der Waals surface area contributed by atoms with Crippen LogP contribution < -0.4 is 0 Å². The van der Waals surface area contributed by atoms with Crippen molar-refractivity contribution in [3.63, 3.8) is 0 Å². The summed E-state index contributed by atoms with van der Waals surface area (Å²) in [4.78, 5) is 0. The maximum atomic E-state index is 6.11. The summed E-state index contributed by atoms with van der Waals surface area (Å²) in [5, 5.41) is 7.23. The highest BCUT2D eigenvalue weighted by atomic mass is 16.3. The molecule has 0 fully saturated rings. The molecule has 41 heavy (non-hydrogen) atoms. The van der Waals surface area contributed by atoms with Crippen LogP contribution in [0.4, 0.5) is 0 Å². The van der Waals surface area contributed by atoms with Crippen LogP contribution in [0.2, 0.25) is 0 Å². The van der Waals surface area contributed by atoms with Crippen molar-refractivity contribution in [1.82, 2.24) is 9.13 Å². The molecule has 9 rings (SSSR count). The average molecular weight is 525 g/mol. The second-order valence-electron chi connectivity index (χ2n) is 10.7. The van der Waals surface area contributed by atoms with E-state index in [0.29, 0.717) is 0 Å². The van der Waals surface area contributed by atoms with E-state index in [0.717, 1.165) is 27.6 Å². The van der Waals surface area contributed by atoms with Crippen molar-refractivity contribution in [3.8, 4) is 16.8 Å². The lowest BCUT2D eigenvalue weighted by molar-refractivity contribution is 0.669. The van der Waals surface area contributed by atoms with Gasteiger partial charge in [-0.15, -0.1) is 0 Å². The molecule has 0 saturated heterocycles. The Morgan fingerprint density at radius 3 is 1.80 bits per heavy atom. The van der Waals surface area contributed by atoms with E-state index in [4.69, 9.17) is 4.42 Å². The van der Waals surface area contributed by atoms with Crippen LogP contribution >= 0.6 is 0 Å². The lowest BCUT2D eigenvalue weighted by Crippen LogP contribution is -1.93. The van der Waals surface area contributed by atoms with Crippen molar-refractivity contribution in [2.75, 3.05) is 0 Å². The van der Waals surface area contributed by atoms with Crippen molar-refractivity contribution < 1.29 is 4.42 Å². The van der Waals surface area contributed by atoms with Gasteiger partial charge in [0.25, 0.3) is 0 Å². The molecule has 6 aromatic carbocycles. The Hall–Kier alpha value is -5.54. The monoisotopic (exact) mass is 524 g/mol. The van der Waals surface area contributed by atoms with Gasteiger partial charge >= 0.3 is 0 Å². The Morgan fingerprint density at radius 2 is 1.02 bits per heavy atom. The van der Waals surface area contributed by atoms with Gasteiger partial charge in [0.2, 0.25) is 0 Å². The highest BCUT2D eigenvalue weighted by molar-refractivity contribution is 6.13. The van der Waals surface area contributed by atoms with E-state index in [2.05, 4.69) is 131 Å². The van der Waals surface area contributed by atoms with Gasteiger partial charge in [-0.1, -0.05) is 73.3 Å². The van der Waals surface area contributed by atoms with Gasteiger partial charge in [0.15, 0.2) is 0 Å². The van der Waals surface area contributed by atoms with Crippen LogP contribution in [-0.4, -0.2) is 9.13 Å². The fourth-order valence-corrected chi connectivity index (χ4v) is 6.66. The molecule has 0 spiro atoms. The largest absolute Gasteiger partial charge is 0.456 e. The van der Waals surface area contributed by atoms with Crippen LogP contribution in [0, 0.1) is 0 Å². The SMILES string of the molecule is C=Cn1c2ccccc2c2cc(-c3ccc4c(c3)c3ccccc3n4-c3ccc4oc5ccccc5c4c3)ccc21. The molecule has 3 aromatic heterocycles. The highest BCUT2D eigenvalue weighted by Gasteiger charge is 2.16. The van der Waals surface area contributed by atoms with E-state index in [1.54, 1.807) is 0 Å². The van der Waals surface area contributed by atoms with Gasteiger partial charge in [0.1, 0.15) is 11.2 Å². The minimum absolute atomic E-state index is 0.909. The summed E-state index contributed by atoms with van der Waals surface area (Å²) < 4.78 is 10.7. The van der Waals surface area contributed by atoms with Gasteiger partial charge < -0.3 is 13.6 Å². The third kappa shape index (κ3) is 3.09. The zero-order valence-corrected chi connectivity index (χ0v) is 22.2. The molecule has 9 aromatic rings. The van der Waals surface area contributed by atoms with E-state index in [1.165, 1.54) is 54.7 Å². The summed E-state index contributed by atoms with van der Waals surface area (Å²) in [6.07, 6.45) is 1.90. The molecular formula is C38H24N2O. The molecule has 0 saturated carbocycles. The third-order valence-electron chi connectivity index (χ3n) is 8.52. The molecule has 0 aliphatic carbocycles. The molecular weight excluding hydrogens is 500 g/mol. The van der Waals surface area contributed by atoms with Crippen LogP contribution in [0.3, 0.4) is 0 Å². The number of para-hydroxylation sites is 3. The number of nitrogens with zero attached hydrogens (tertiary/aromatic N) is 2. The Kier molecular flexibility index (Phi) is 4.48. The Balaban J connectivity index is 1.27. The summed E-state index contributed by atoms with van der Waals surface area (Å²) >= 11 is 0. The molecule has 0 aliphatic heterocycles. The topological polar surface area (TPSA) is 23.0 Å². The first kappa shape index (κ1) is 22.3. The predicted octanol–water partition coefficient (Wildman–Crippen LogP) is 10.6. The normalized spacial score (nSPS) is 12.0. The quantitative estimate of drug-likeness (QED) is 0.225. The van der Waals surface area contributed by atoms with Crippen LogP contribution in [0.25, 0.3) is 88.6 Å². The molecule has 0 N–H and O–H groups in total. The van der Waals surface area contributed by atoms with Crippen molar-refractivity contribution in [1.29, 1.82) is 0 Å². The molecule has 3 heterocycles. The second-order valence-corrected chi connectivity index (χ2v) is 10.7. The summed E-state index contributed by atoms with van der Waals surface area (Å²) in [6, 6.07) is 45.6. The van der Waals surface area contributed by atoms with Gasteiger partial charge in [0.05, 0.1) is 22.1 Å². The first-order valence-corrected chi connectivity index (χ1v) is 13.9. The number of furan rings is 1. The average Bonchev–Trinajstić information content (AvgIpc) is 3.67. The van der Waals surface area contributed by atoms with Crippen LogP contribution in [0.5, 0.6) is 0 Å². The molecule has 0 aliphatic rings. The van der Waals surface area contributed by atoms with Crippen molar-refractivity contribution in [2.24, 2.45) is 0 Å². The fourth-order valence-electron chi connectivity index (χ4n) is 6.66. The Labute approximate surface area is 235 Å². The first-order chi connectivity index (χ1) is 20.3. The summed E-state index contributed by atoms with van der Waals surface area (Å²) in [6.45, 7) is 4.06. The lowest BCUT2D eigenvalue weighted by atomic mass is 10.0. The number of benzene rings is 6. The summed E-state index contributed by atoms with van der Waals surface area (Å²) in [5.41, 5.74) is 10.1. The molecule has 0 atom stereocenters. The number of aromatic nitrogens is 2. The van der Waals surface area contributed by atoms with Crippen LogP contribution in [0.1, 0.15) is 0 Å². The maximum absolute atomic E-state index is 6.11. The fraction of sp³-hybridized carbons (Fsp3) is 0. The molecule has 3 heteroatoms. The molecule has 0 amide bonds. The predicted molar refractivity (Wildman–Crippen MR) is 173 cm³/mol. The molecule has 192 valence electrons.